The van der Waals surface area contributed by atoms with Crippen LogP contribution < -0.4 is 5.32 Å². The molecule has 1 fully saturated rings. The van der Waals surface area contributed by atoms with E-state index in [2.05, 4.69) is 76.7 Å². The Kier molecular flexibility index (Phi) is 18.5. The molecule has 3 rings (SSSR count). The minimum atomic E-state index is -4.62. The monoisotopic (exact) mass is 797 g/mol. The molecule has 0 aromatic carbocycles. The maximum Gasteiger partial charge on any atom is 0.406 e. The summed E-state index contributed by atoms with van der Waals surface area (Å²) < 4.78 is 55.1. The fraction of sp³-hybridized carbons (Fsp3) is 0.587. The van der Waals surface area contributed by atoms with Crippen LogP contribution in [-0.4, -0.2) is 77.9 Å². The Hall–Kier alpha value is -3.96. The molecule has 0 saturated carbocycles. The highest BCUT2D eigenvalue weighted by molar-refractivity contribution is 5.92. The van der Waals surface area contributed by atoms with E-state index in [0.717, 1.165) is 54.0 Å². The zero-order valence-electron chi connectivity index (χ0n) is 35.9. The predicted molar refractivity (Wildman–Crippen MR) is 224 cm³/mol. The SMILES string of the molecule is C=CC=CC(=CC)C1OC(C(C)C(=O)Nc2ccc(C(C)C(C)CCN(CCC)C(=O)C(CCC)C3C=CCC(C)=C(C)C(OCC)=C3)nc2)C(C(F)(F)F)N1C. The van der Waals surface area contributed by atoms with Gasteiger partial charge in [-0.2, -0.15) is 13.2 Å². The number of ether oxygens (including phenoxy) is 2. The first kappa shape index (κ1) is 47.4. The van der Waals surface area contributed by atoms with E-state index >= 15 is 0 Å². The van der Waals surface area contributed by atoms with Crippen molar-refractivity contribution in [3.05, 3.63) is 95.6 Å². The number of rotatable bonds is 19. The molecule has 2 aliphatic rings. The molecule has 1 aliphatic heterocycles. The summed E-state index contributed by atoms with van der Waals surface area (Å²) in [4.78, 5) is 35.5. The first-order valence-electron chi connectivity index (χ1n) is 20.7. The summed E-state index contributed by atoms with van der Waals surface area (Å²) in [5.41, 5.74) is 4.14. The zero-order chi connectivity index (χ0) is 42.4. The third-order valence-electron chi connectivity index (χ3n) is 11.5. The van der Waals surface area contributed by atoms with Crippen molar-refractivity contribution in [3.8, 4) is 0 Å². The molecule has 1 saturated heterocycles. The second-order valence-electron chi connectivity index (χ2n) is 15.6. The Bertz CT molecular complexity index is 1650. The fourth-order valence-electron chi connectivity index (χ4n) is 7.69. The summed E-state index contributed by atoms with van der Waals surface area (Å²) in [6.07, 6.45) is 11.7. The number of allylic oxidation sites excluding steroid dienone is 8. The lowest BCUT2D eigenvalue weighted by Gasteiger charge is -2.32. The van der Waals surface area contributed by atoms with Crippen LogP contribution >= 0.6 is 0 Å². The van der Waals surface area contributed by atoms with E-state index in [-0.39, 0.29) is 29.6 Å². The second-order valence-corrected chi connectivity index (χ2v) is 15.6. The number of hydrogen-bond acceptors (Lipinski definition) is 6. The van der Waals surface area contributed by atoms with Crippen LogP contribution in [0.5, 0.6) is 0 Å². The third-order valence-corrected chi connectivity index (χ3v) is 11.5. The predicted octanol–water partition coefficient (Wildman–Crippen LogP) is 10.5. The average molecular weight is 797 g/mol. The number of amides is 2. The molecule has 1 aromatic rings. The lowest BCUT2D eigenvalue weighted by atomic mass is 9.84. The first-order chi connectivity index (χ1) is 27.0. The number of nitrogens with zero attached hydrogens (tertiary/aromatic N) is 3. The molecular weight excluding hydrogens is 730 g/mol. The molecule has 8 atom stereocenters. The maximum atomic E-state index is 14.3. The number of hydrogen-bond donors (Lipinski definition) is 1. The zero-order valence-corrected chi connectivity index (χ0v) is 35.9. The summed E-state index contributed by atoms with van der Waals surface area (Å²) in [7, 11) is 1.36. The molecule has 2 amide bonds. The highest BCUT2D eigenvalue weighted by Crippen LogP contribution is 2.40. The second kappa shape index (κ2) is 22.3. The Morgan fingerprint density at radius 3 is 2.42 bits per heavy atom. The molecule has 8 nitrogen and oxygen atoms in total. The number of likely N-dealkylation sites (N-methyl/N-ethyl adjacent to an activating group) is 1. The molecule has 8 unspecified atom stereocenters. The molecule has 316 valence electrons. The van der Waals surface area contributed by atoms with Crippen molar-refractivity contribution >= 4 is 17.5 Å². The van der Waals surface area contributed by atoms with Crippen LogP contribution in [0.25, 0.3) is 0 Å². The number of carbonyl (C=O) groups is 2. The fourth-order valence-corrected chi connectivity index (χ4v) is 7.69. The van der Waals surface area contributed by atoms with Crippen molar-refractivity contribution in [3.63, 3.8) is 0 Å². The molecule has 57 heavy (non-hydrogen) atoms. The standard InChI is InChI=1S/C46H67F3N4O4/c1-12-17-21-35(15-4)45-52(11)42(46(47,48)49)41(57-45)34(10)43(54)51-37-23-24-39(50-29-37)32(8)31(7)25-27-53(26-14-3)44(55)38(19-13-2)36-22-18-20-30(6)33(9)40(28-36)56-16-5/h12,15,17-18,21-24,28-29,31-32,34,36,38,41-42,45H,1,13-14,16,19-20,25-27H2,2-11H3,(H,51,54). The molecular formula is C46H67F3N4O4. The first-order valence-corrected chi connectivity index (χ1v) is 20.7. The number of anilines is 1. The van der Waals surface area contributed by atoms with E-state index in [1.807, 2.05) is 17.9 Å². The van der Waals surface area contributed by atoms with E-state index in [1.165, 1.54) is 25.6 Å². The average Bonchev–Trinajstić information content (AvgIpc) is 3.53. The van der Waals surface area contributed by atoms with Crippen LogP contribution in [0.2, 0.25) is 0 Å². The number of nitrogens with one attached hydrogen (secondary N) is 1. The van der Waals surface area contributed by atoms with Gasteiger partial charge in [-0.1, -0.05) is 89.6 Å². The lowest BCUT2D eigenvalue weighted by molar-refractivity contribution is -0.183. The van der Waals surface area contributed by atoms with Gasteiger partial charge in [0.2, 0.25) is 11.8 Å². The van der Waals surface area contributed by atoms with Crippen LogP contribution in [0.3, 0.4) is 0 Å². The normalized spacial score (nSPS) is 23.0. The number of pyridine rings is 1. The largest absolute Gasteiger partial charge is 0.494 e. The molecule has 2 heterocycles. The molecule has 1 aliphatic carbocycles. The molecule has 1 N–H and O–H groups in total. The van der Waals surface area contributed by atoms with E-state index in [0.29, 0.717) is 31.0 Å². The third kappa shape index (κ3) is 12.5. The number of alkyl halides is 3. The quantitative estimate of drug-likeness (QED) is 0.111. The Morgan fingerprint density at radius 1 is 1.12 bits per heavy atom. The van der Waals surface area contributed by atoms with E-state index < -0.39 is 36.4 Å². The van der Waals surface area contributed by atoms with Crippen LogP contribution in [0.15, 0.2) is 89.9 Å². The van der Waals surface area contributed by atoms with Crippen molar-refractivity contribution in [1.82, 2.24) is 14.8 Å². The number of aromatic nitrogens is 1. The van der Waals surface area contributed by atoms with Crippen molar-refractivity contribution < 1.29 is 32.2 Å². The molecule has 0 radical (unpaired) electrons. The highest BCUT2D eigenvalue weighted by atomic mass is 19.4. The topological polar surface area (TPSA) is 84.0 Å². The van der Waals surface area contributed by atoms with E-state index in [9.17, 15) is 22.8 Å². The van der Waals surface area contributed by atoms with Gasteiger partial charge in [-0.15, -0.1) is 0 Å². The van der Waals surface area contributed by atoms with Gasteiger partial charge in [0.25, 0.3) is 0 Å². The summed E-state index contributed by atoms with van der Waals surface area (Å²) >= 11 is 0. The van der Waals surface area contributed by atoms with Gasteiger partial charge in [0.15, 0.2) is 0 Å². The van der Waals surface area contributed by atoms with Gasteiger partial charge in [-0.3, -0.25) is 19.5 Å². The summed E-state index contributed by atoms with van der Waals surface area (Å²) in [6.45, 7) is 23.4. The minimum Gasteiger partial charge on any atom is -0.494 e. The summed E-state index contributed by atoms with van der Waals surface area (Å²) in [5, 5.41) is 2.76. The van der Waals surface area contributed by atoms with E-state index in [4.69, 9.17) is 9.47 Å². The van der Waals surface area contributed by atoms with Gasteiger partial charge in [-0.25, -0.2) is 0 Å². The summed E-state index contributed by atoms with van der Waals surface area (Å²) in [6, 6.07) is 1.59. The minimum absolute atomic E-state index is 0.0461. The van der Waals surface area contributed by atoms with Crippen LogP contribution in [0.1, 0.15) is 106 Å². The van der Waals surface area contributed by atoms with Gasteiger partial charge in [0, 0.05) is 36.5 Å². The van der Waals surface area contributed by atoms with Gasteiger partial charge in [0.1, 0.15) is 18.0 Å². The molecule has 1 aromatic heterocycles. The van der Waals surface area contributed by atoms with Crippen molar-refractivity contribution in [2.45, 2.75) is 125 Å². The maximum absolute atomic E-state index is 14.3. The number of carbonyl (C=O) groups excluding carboxylic acids is 2. The Morgan fingerprint density at radius 2 is 1.84 bits per heavy atom. The van der Waals surface area contributed by atoms with Crippen LogP contribution in [0, 0.1) is 23.7 Å². The van der Waals surface area contributed by atoms with Crippen molar-refractivity contribution in [1.29, 1.82) is 0 Å². The Balaban J connectivity index is 1.70. The smallest absolute Gasteiger partial charge is 0.406 e. The van der Waals surface area contributed by atoms with Crippen LogP contribution in [0.4, 0.5) is 18.9 Å². The highest BCUT2D eigenvalue weighted by Gasteiger charge is 2.57. The summed E-state index contributed by atoms with van der Waals surface area (Å²) in [5.74, 6) is -0.692. The number of halogens is 3. The van der Waals surface area contributed by atoms with E-state index in [1.54, 1.807) is 37.4 Å². The van der Waals surface area contributed by atoms with Gasteiger partial charge in [-0.05, 0) is 95.7 Å². The molecule has 11 heteroatoms. The van der Waals surface area contributed by atoms with Gasteiger partial charge < -0.3 is 19.7 Å². The van der Waals surface area contributed by atoms with Crippen LogP contribution in [-0.2, 0) is 19.1 Å². The molecule has 0 spiro atoms. The van der Waals surface area contributed by atoms with Crippen molar-refractivity contribution in [2.24, 2.45) is 23.7 Å². The Labute approximate surface area is 340 Å². The lowest BCUT2D eigenvalue weighted by Crippen LogP contribution is -2.50. The molecule has 0 bridgehead atoms. The van der Waals surface area contributed by atoms with Gasteiger partial charge in [0.05, 0.1) is 30.5 Å². The van der Waals surface area contributed by atoms with Gasteiger partial charge >= 0.3 is 6.18 Å². The van der Waals surface area contributed by atoms with Crippen molar-refractivity contribution in [2.75, 3.05) is 32.1 Å².